The minimum absolute atomic E-state index is 0.132. The summed E-state index contributed by atoms with van der Waals surface area (Å²) in [7, 11) is -2.75. The van der Waals surface area contributed by atoms with Crippen LogP contribution in [-0.2, 0) is 9.22 Å². The first-order valence-electron chi connectivity index (χ1n) is 9.89. The molecule has 3 aromatic carbocycles. The molecule has 3 aromatic rings. The predicted molar refractivity (Wildman–Crippen MR) is 120 cm³/mol. The molecule has 4 heteroatoms. The molecule has 1 N–H and O–H groups in total. The fourth-order valence-corrected chi connectivity index (χ4v) is 8.54. The summed E-state index contributed by atoms with van der Waals surface area (Å²) in [5, 5.41) is 12.0. The molecule has 0 aromatic heterocycles. The quantitative estimate of drug-likeness (QED) is 0.593. The first-order valence-corrected chi connectivity index (χ1v) is 11.8. The summed E-state index contributed by atoms with van der Waals surface area (Å²) in [6.07, 6.45) is 0. The Morgan fingerprint density at radius 3 is 1.62 bits per heavy atom. The highest BCUT2D eigenvalue weighted by Crippen LogP contribution is 2.37. The monoisotopic (exact) mass is 404 g/mol. The van der Waals surface area contributed by atoms with Crippen LogP contribution >= 0.6 is 0 Å². The van der Waals surface area contributed by atoms with E-state index < -0.39 is 20.2 Å². The largest absolute Gasteiger partial charge is 0.481 e. The molecule has 0 bridgehead atoms. The Morgan fingerprint density at radius 2 is 1.24 bits per heavy atom. The standard InChI is InChI=1S/C25H28O3Si/c1-25(2,3)29(21-15-9-5-10-16-21,22-17-11-6-12-18-22)28-19-23(24(26)27)20-13-7-4-8-14-20/h4-18,23H,19H2,1-3H3,(H,26,27)/t23-/m1/s1. The van der Waals surface area contributed by atoms with Gasteiger partial charge in [-0.3, -0.25) is 4.79 Å². The first-order chi connectivity index (χ1) is 13.9. The van der Waals surface area contributed by atoms with Crippen LogP contribution in [0, 0.1) is 0 Å². The van der Waals surface area contributed by atoms with Crippen molar-refractivity contribution in [2.45, 2.75) is 31.7 Å². The van der Waals surface area contributed by atoms with E-state index in [2.05, 4.69) is 45.0 Å². The molecule has 0 unspecified atom stereocenters. The highest BCUT2D eigenvalue weighted by atomic mass is 28.4. The van der Waals surface area contributed by atoms with Gasteiger partial charge in [-0.25, -0.2) is 0 Å². The molecule has 0 radical (unpaired) electrons. The van der Waals surface area contributed by atoms with Crippen LogP contribution in [0.4, 0.5) is 0 Å². The van der Waals surface area contributed by atoms with Crippen molar-refractivity contribution in [3.8, 4) is 0 Å². The second kappa shape index (κ2) is 8.76. The van der Waals surface area contributed by atoms with Gasteiger partial charge in [-0.2, -0.15) is 0 Å². The van der Waals surface area contributed by atoms with Crippen molar-refractivity contribution in [2.24, 2.45) is 0 Å². The van der Waals surface area contributed by atoms with Gasteiger partial charge in [0.05, 0.1) is 6.61 Å². The highest BCUT2D eigenvalue weighted by Gasteiger charge is 2.50. The molecule has 0 aliphatic rings. The lowest BCUT2D eigenvalue weighted by molar-refractivity contribution is -0.139. The Morgan fingerprint density at radius 1 is 0.828 bits per heavy atom. The van der Waals surface area contributed by atoms with Gasteiger partial charge < -0.3 is 9.53 Å². The molecule has 0 fully saturated rings. The average Bonchev–Trinajstić information content (AvgIpc) is 2.72. The molecule has 0 spiro atoms. The third kappa shape index (κ3) is 4.34. The van der Waals surface area contributed by atoms with Gasteiger partial charge in [-0.05, 0) is 21.0 Å². The van der Waals surface area contributed by atoms with E-state index in [1.165, 1.54) is 0 Å². The number of carboxylic acid groups (broad SMARTS) is 1. The van der Waals surface area contributed by atoms with Crippen molar-refractivity contribution in [1.29, 1.82) is 0 Å². The number of rotatable bonds is 7. The van der Waals surface area contributed by atoms with Crippen molar-refractivity contribution in [3.63, 3.8) is 0 Å². The number of hydrogen-bond acceptors (Lipinski definition) is 2. The van der Waals surface area contributed by atoms with E-state index in [1.807, 2.05) is 66.7 Å². The minimum Gasteiger partial charge on any atom is -0.481 e. The predicted octanol–water partition coefficient (Wildman–Crippen LogP) is 4.43. The van der Waals surface area contributed by atoms with Crippen LogP contribution < -0.4 is 10.4 Å². The van der Waals surface area contributed by atoms with Crippen LogP contribution in [0.5, 0.6) is 0 Å². The van der Waals surface area contributed by atoms with E-state index in [1.54, 1.807) is 0 Å². The first kappa shape index (κ1) is 21.0. The van der Waals surface area contributed by atoms with E-state index in [0.29, 0.717) is 0 Å². The highest BCUT2D eigenvalue weighted by molar-refractivity contribution is 6.99. The van der Waals surface area contributed by atoms with Gasteiger partial charge in [0.2, 0.25) is 0 Å². The minimum atomic E-state index is -2.75. The van der Waals surface area contributed by atoms with Crippen LogP contribution in [0.2, 0.25) is 5.04 Å². The molecule has 0 aliphatic carbocycles. The summed E-state index contributed by atoms with van der Waals surface area (Å²) < 4.78 is 6.80. The number of carbonyl (C=O) groups is 1. The maximum atomic E-state index is 12.1. The van der Waals surface area contributed by atoms with Crippen molar-refractivity contribution >= 4 is 24.7 Å². The van der Waals surface area contributed by atoms with Crippen molar-refractivity contribution in [1.82, 2.24) is 0 Å². The fourth-order valence-electron chi connectivity index (χ4n) is 3.97. The summed E-state index contributed by atoms with van der Waals surface area (Å²) in [5.41, 5.74) is 0.762. The topological polar surface area (TPSA) is 46.5 Å². The molecular weight excluding hydrogens is 376 g/mol. The average molecular weight is 405 g/mol. The summed E-state index contributed by atoms with van der Waals surface area (Å²) in [4.78, 5) is 12.1. The maximum absolute atomic E-state index is 12.1. The maximum Gasteiger partial charge on any atom is 0.313 e. The summed E-state index contributed by atoms with van der Waals surface area (Å²) >= 11 is 0. The second-order valence-electron chi connectivity index (χ2n) is 8.28. The SMILES string of the molecule is CC(C)(C)[Si](OC[C@@H](C(=O)O)c1ccccc1)(c1ccccc1)c1ccccc1. The molecule has 0 amide bonds. The molecule has 0 aliphatic heterocycles. The number of aliphatic carboxylic acids is 1. The smallest absolute Gasteiger partial charge is 0.313 e. The van der Waals surface area contributed by atoms with E-state index in [9.17, 15) is 9.90 Å². The van der Waals surface area contributed by atoms with Gasteiger partial charge >= 0.3 is 5.97 Å². The lowest BCUT2D eigenvalue weighted by atomic mass is 10.0. The summed E-state index contributed by atoms with van der Waals surface area (Å²) in [6.45, 7) is 6.71. The van der Waals surface area contributed by atoms with Gasteiger partial charge in [0.15, 0.2) is 0 Å². The summed E-state index contributed by atoms with van der Waals surface area (Å²) in [5.74, 6) is -1.58. The molecule has 0 saturated carbocycles. The molecule has 150 valence electrons. The normalized spacial score (nSPS) is 13.1. The third-order valence-electron chi connectivity index (χ3n) is 5.38. The van der Waals surface area contributed by atoms with Gasteiger partial charge in [0.1, 0.15) is 5.92 Å². The Bertz CT molecular complexity index is 879. The van der Waals surface area contributed by atoms with E-state index in [0.717, 1.165) is 15.9 Å². The van der Waals surface area contributed by atoms with Crippen molar-refractivity contribution in [3.05, 3.63) is 96.6 Å². The molecule has 0 saturated heterocycles. The molecular formula is C25H28O3Si. The zero-order valence-electron chi connectivity index (χ0n) is 17.2. The van der Waals surface area contributed by atoms with Gasteiger partial charge in [-0.1, -0.05) is 112 Å². The van der Waals surface area contributed by atoms with E-state index >= 15 is 0 Å². The van der Waals surface area contributed by atoms with Crippen LogP contribution in [0.25, 0.3) is 0 Å². The van der Waals surface area contributed by atoms with Crippen LogP contribution in [0.15, 0.2) is 91.0 Å². The van der Waals surface area contributed by atoms with Gasteiger partial charge in [0.25, 0.3) is 8.32 Å². The molecule has 1 atom stereocenters. The Kier molecular flexibility index (Phi) is 6.35. The zero-order chi connectivity index (χ0) is 20.9. The summed E-state index contributed by atoms with van der Waals surface area (Å²) in [6, 6.07) is 29.9. The van der Waals surface area contributed by atoms with Crippen LogP contribution in [0.3, 0.4) is 0 Å². The molecule has 3 nitrogen and oxygen atoms in total. The molecule has 3 rings (SSSR count). The second-order valence-corrected chi connectivity index (χ2v) is 12.6. The molecule has 29 heavy (non-hydrogen) atoms. The Balaban J connectivity index is 2.09. The zero-order valence-corrected chi connectivity index (χ0v) is 18.2. The van der Waals surface area contributed by atoms with E-state index in [4.69, 9.17) is 4.43 Å². The Hall–Kier alpha value is -2.69. The fraction of sp³-hybridized carbons (Fsp3) is 0.240. The van der Waals surface area contributed by atoms with Gasteiger partial charge in [0, 0.05) is 0 Å². The van der Waals surface area contributed by atoms with E-state index in [-0.39, 0.29) is 11.6 Å². The van der Waals surface area contributed by atoms with Crippen molar-refractivity contribution < 1.29 is 14.3 Å². The lowest BCUT2D eigenvalue weighted by Crippen LogP contribution is -2.67. The van der Waals surface area contributed by atoms with Crippen LogP contribution in [-0.4, -0.2) is 26.0 Å². The van der Waals surface area contributed by atoms with Gasteiger partial charge in [-0.15, -0.1) is 0 Å². The van der Waals surface area contributed by atoms with Crippen molar-refractivity contribution in [2.75, 3.05) is 6.61 Å². The number of benzene rings is 3. The number of carboxylic acids is 1. The van der Waals surface area contributed by atoms with Crippen LogP contribution in [0.1, 0.15) is 32.3 Å². The lowest BCUT2D eigenvalue weighted by Gasteiger charge is -2.43. The number of hydrogen-bond donors (Lipinski definition) is 1. The third-order valence-corrected chi connectivity index (χ3v) is 10.4. The Labute approximate surface area is 174 Å². The molecule has 0 heterocycles.